The Hall–Kier alpha value is -2.63. The number of aryl methyl sites for hydroxylation is 1. The molecule has 19 heavy (non-hydrogen) atoms. The summed E-state index contributed by atoms with van der Waals surface area (Å²) in [5.41, 5.74) is 1.12. The van der Waals surface area contributed by atoms with Crippen molar-refractivity contribution in [2.24, 2.45) is 0 Å². The first kappa shape index (κ1) is 11.5. The summed E-state index contributed by atoms with van der Waals surface area (Å²) in [4.78, 5) is 20.5. The van der Waals surface area contributed by atoms with Crippen molar-refractivity contribution >= 4 is 5.78 Å². The number of H-pyrrole nitrogens is 1. The predicted molar refractivity (Wildman–Crippen MR) is 70.3 cm³/mol. The molecule has 2 aromatic heterocycles. The molecule has 0 bridgehead atoms. The number of hydrogen-bond acceptors (Lipinski definition) is 4. The standard InChI is InChI=1S/C13H12N4O2/c1-8-14-13-15-10(7-12(18)17(13)16-8)9-5-3-4-6-11(9)19-2/h3-7H,1-2H3,(H,14,15,16). The highest BCUT2D eigenvalue weighted by atomic mass is 16.5. The maximum Gasteiger partial charge on any atom is 0.274 e. The Bertz CT molecular complexity index is 804. The van der Waals surface area contributed by atoms with Crippen LogP contribution in [0.3, 0.4) is 0 Å². The van der Waals surface area contributed by atoms with Crippen LogP contribution in [-0.4, -0.2) is 26.7 Å². The fraction of sp³-hybridized carbons (Fsp3) is 0.154. The van der Waals surface area contributed by atoms with E-state index in [1.165, 1.54) is 10.6 Å². The summed E-state index contributed by atoms with van der Waals surface area (Å²) < 4.78 is 6.59. The minimum atomic E-state index is -0.202. The van der Waals surface area contributed by atoms with E-state index in [0.29, 0.717) is 23.0 Å². The van der Waals surface area contributed by atoms with Gasteiger partial charge in [-0.3, -0.25) is 9.89 Å². The van der Waals surface area contributed by atoms with Gasteiger partial charge < -0.3 is 4.74 Å². The molecule has 96 valence electrons. The number of para-hydroxylation sites is 1. The maximum atomic E-state index is 12.0. The van der Waals surface area contributed by atoms with Gasteiger partial charge in [-0.15, -0.1) is 0 Å². The van der Waals surface area contributed by atoms with Gasteiger partial charge in [0, 0.05) is 11.6 Å². The van der Waals surface area contributed by atoms with Crippen molar-refractivity contribution in [3.05, 3.63) is 46.5 Å². The van der Waals surface area contributed by atoms with Crippen LogP contribution in [0.5, 0.6) is 5.75 Å². The Labute approximate surface area is 108 Å². The van der Waals surface area contributed by atoms with E-state index < -0.39 is 0 Å². The normalized spacial score (nSPS) is 10.8. The third kappa shape index (κ3) is 1.87. The van der Waals surface area contributed by atoms with Crippen molar-refractivity contribution in [1.82, 2.24) is 19.6 Å². The number of hydrogen-bond donors (Lipinski definition) is 1. The van der Waals surface area contributed by atoms with E-state index in [9.17, 15) is 4.79 Å². The van der Waals surface area contributed by atoms with Crippen molar-refractivity contribution in [2.45, 2.75) is 6.92 Å². The van der Waals surface area contributed by atoms with E-state index in [4.69, 9.17) is 4.74 Å². The Morgan fingerprint density at radius 1 is 1.26 bits per heavy atom. The summed E-state index contributed by atoms with van der Waals surface area (Å²) in [6, 6.07) is 8.89. The lowest BCUT2D eigenvalue weighted by Gasteiger charge is -2.06. The molecule has 0 saturated heterocycles. The first-order chi connectivity index (χ1) is 9.19. The fourth-order valence-corrected chi connectivity index (χ4v) is 1.98. The highest BCUT2D eigenvalue weighted by Gasteiger charge is 2.11. The smallest absolute Gasteiger partial charge is 0.274 e. The molecule has 0 radical (unpaired) electrons. The number of aromatic nitrogens is 4. The van der Waals surface area contributed by atoms with Crippen LogP contribution in [-0.2, 0) is 0 Å². The highest BCUT2D eigenvalue weighted by molar-refractivity contribution is 5.67. The molecule has 0 aliphatic heterocycles. The van der Waals surface area contributed by atoms with Gasteiger partial charge in [-0.2, -0.15) is 9.50 Å². The lowest BCUT2D eigenvalue weighted by atomic mass is 10.1. The Morgan fingerprint density at radius 2 is 2.05 bits per heavy atom. The Kier molecular flexibility index (Phi) is 2.56. The van der Waals surface area contributed by atoms with Crippen LogP contribution >= 0.6 is 0 Å². The molecule has 3 rings (SSSR count). The molecule has 1 N–H and O–H groups in total. The van der Waals surface area contributed by atoms with Crippen LogP contribution in [0.2, 0.25) is 0 Å². The van der Waals surface area contributed by atoms with Gasteiger partial charge in [-0.05, 0) is 19.1 Å². The van der Waals surface area contributed by atoms with Gasteiger partial charge in [0.15, 0.2) is 0 Å². The second-order valence-corrected chi connectivity index (χ2v) is 4.12. The van der Waals surface area contributed by atoms with Crippen LogP contribution < -0.4 is 10.3 Å². The number of nitrogens with one attached hydrogen (secondary N) is 1. The lowest BCUT2D eigenvalue weighted by Crippen LogP contribution is -2.14. The highest BCUT2D eigenvalue weighted by Crippen LogP contribution is 2.27. The second kappa shape index (κ2) is 4.24. The van der Waals surface area contributed by atoms with Crippen LogP contribution in [0.25, 0.3) is 17.0 Å². The zero-order chi connectivity index (χ0) is 13.4. The molecule has 0 unspecified atom stereocenters. The van der Waals surface area contributed by atoms with Gasteiger partial charge in [-0.25, -0.2) is 4.98 Å². The molecule has 0 fully saturated rings. The number of methoxy groups -OCH3 is 1. The Balaban J connectivity index is 2.28. The van der Waals surface area contributed by atoms with E-state index in [1.807, 2.05) is 24.3 Å². The summed E-state index contributed by atoms with van der Waals surface area (Å²) in [7, 11) is 1.59. The summed E-state index contributed by atoms with van der Waals surface area (Å²) >= 11 is 0. The van der Waals surface area contributed by atoms with Gasteiger partial charge in [-0.1, -0.05) is 12.1 Å². The number of fused-ring (bicyclic) bond motifs is 1. The molecule has 6 nitrogen and oxygen atoms in total. The first-order valence-electron chi connectivity index (χ1n) is 5.79. The maximum absolute atomic E-state index is 12.0. The molecule has 3 aromatic rings. The van der Waals surface area contributed by atoms with E-state index in [0.717, 1.165) is 5.56 Å². The molecule has 0 aliphatic carbocycles. The second-order valence-electron chi connectivity index (χ2n) is 4.12. The summed E-state index contributed by atoms with van der Waals surface area (Å²) in [6.45, 7) is 1.77. The van der Waals surface area contributed by atoms with E-state index >= 15 is 0 Å². The van der Waals surface area contributed by atoms with Crippen molar-refractivity contribution in [3.63, 3.8) is 0 Å². The van der Waals surface area contributed by atoms with Crippen molar-refractivity contribution in [2.75, 3.05) is 7.11 Å². The number of benzene rings is 1. The SMILES string of the molecule is COc1ccccc1-c1cc(=O)n2[nH]c(C)nc2n1. The lowest BCUT2D eigenvalue weighted by molar-refractivity contribution is 0.416. The predicted octanol–water partition coefficient (Wildman–Crippen LogP) is 1.40. The van der Waals surface area contributed by atoms with Gasteiger partial charge >= 0.3 is 0 Å². The topological polar surface area (TPSA) is 72.3 Å². The third-order valence-corrected chi connectivity index (χ3v) is 2.83. The zero-order valence-corrected chi connectivity index (χ0v) is 10.5. The van der Waals surface area contributed by atoms with Crippen molar-refractivity contribution in [3.8, 4) is 17.0 Å². The Morgan fingerprint density at radius 3 is 2.84 bits per heavy atom. The monoisotopic (exact) mass is 256 g/mol. The number of rotatable bonds is 2. The molecular weight excluding hydrogens is 244 g/mol. The molecule has 1 aromatic carbocycles. The molecule has 0 spiro atoms. The molecular formula is C13H12N4O2. The minimum absolute atomic E-state index is 0.202. The largest absolute Gasteiger partial charge is 0.496 e. The third-order valence-electron chi connectivity index (χ3n) is 2.83. The van der Waals surface area contributed by atoms with Crippen molar-refractivity contribution < 1.29 is 4.74 Å². The van der Waals surface area contributed by atoms with E-state index in [1.54, 1.807) is 14.0 Å². The van der Waals surface area contributed by atoms with Gasteiger partial charge in [0.1, 0.15) is 11.6 Å². The summed E-state index contributed by atoms with van der Waals surface area (Å²) in [5, 5.41) is 2.83. The molecule has 0 aliphatic rings. The molecule has 2 heterocycles. The molecule has 6 heteroatoms. The van der Waals surface area contributed by atoms with Gasteiger partial charge in [0.2, 0.25) is 0 Å². The molecule has 0 amide bonds. The fourth-order valence-electron chi connectivity index (χ4n) is 1.98. The number of nitrogens with zero attached hydrogens (tertiary/aromatic N) is 3. The van der Waals surface area contributed by atoms with E-state index in [2.05, 4.69) is 15.1 Å². The first-order valence-corrected chi connectivity index (χ1v) is 5.79. The van der Waals surface area contributed by atoms with Crippen molar-refractivity contribution in [1.29, 1.82) is 0 Å². The average molecular weight is 256 g/mol. The molecule has 0 atom stereocenters. The van der Waals surface area contributed by atoms with Crippen LogP contribution in [0.1, 0.15) is 5.82 Å². The minimum Gasteiger partial charge on any atom is -0.496 e. The van der Waals surface area contributed by atoms with E-state index in [-0.39, 0.29) is 5.56 Å². The van der Waals surface area contributed by atoms with Crippen LogP contribution in [0.4, 0.5) is 0 Å². The number of ether oxygens (including phenoxy) is 1. The molecule has 0 saturated carbocycles. The van der Waals surface area contributed by atoms with Gasteiger partial charge in [0.05, 0.1) is 12.8 Å². The quantitative estimate of drug-likeness (QED) is 0.752. The summed E-state index contributed by atoms with van der Waals surface area (Å²) in [6.07, 6.45) is 0. The zero-order valence-electron chi connectivity index (χ0n) is 10.5. The van der Waals surface area contributed by atoms with Crippen LogP contribution in [0, 0.1) is 6.92 Å². The van der Waals surface area contributed by atoms with Gasteiger partial charge in [0.25, 0.3) is 11.3 Å². The average Bonchev–Trinajstić information content (AvgIpc) is 2.79. The number of aromatic amines is 1. The summed E-state index contributed by atoms with van der Waals surface area (Å²) in [5.74, 6) is 1.67. The van der Waals surface area contributed by atoms with Crippen LogP contribution in [0.15, 0.2) is 35.1 Å².